The van der Waals surface area contributed by atoms with E-state index in [9.17, 15) is 0 Å². The van der Waals surface area contributed by atoms with Crippen molar-refractivity contribution in [3.63, 3.8) is 0 Å². The molecule has 2 N–H and O–H groups in total. The molecule has 0 bridgehead atoms. The van der Waals surface area contributed by atoms with E-state index in [0.29, 0.717) is 5.95 Å². The monoisotopic (exact) mass is 139 g/mol. The number of allylic oxidation sites excluding steroid dienone is 2. The highest BCUT2D eigenvalue weighted by Crippen LogP contribution is 1.96. The van der Waals surface area contributed by atoms with Gasteiger partial charge in [0, 0.05) is 5.70 Å². The van der Waals surface area contributed by atoms with Crippen molar-refractivity contribution in [2.45, 2.75) is 13.8 Å². The summed E-state index contributed by atoms with van der Waals surface area (Å²) in [6.07, 6.45) is 1.93. The number of H-pyrrole nitrogens is 1. The molecule has 0 aliphatic carbocycles. The zero-order chi connectivity index (χ0) is 7.40. The summed E-state index contributed by atoms with van der Waals surface area (Å²) in [5.41, 5.74) is 1.01. The van der Waals surface area contributed by atoms with Crippen LogP contribution >= 0.6 is 0 Å². The minimum Gasteiger partial charge on any atom is -0.328 e. The van der Waals surface area contributed by atoms with Crippen LogP contribution in [0.1, 0.15) is 13.8 Å². The van der Waals surface area contributed by atoms with E-state index in [-0.39, 0.29) is 0 Å². The van der Waals surface area contributed by atoms with Gasteiger partial charge in [-0.1, -0.05) is 11.2 Å². The van der Waals surface area contributed by atoms with Crippen LogP contribution in [0.3, 0.4) is 0 Å². The van der Waals surface area contributed by atoms with Crippen molar-refractivity contribution in [1.82, 2.24) is 20.6 Å². The third-order valence-electron chi connectivity index (χ3n) is 1.09. The Balaban J connectivity index is 2.56. The van der Waals surface area contributed by atoms with Gasteiger partial charge in [-0.2, -0.15) is 0 Å². The second kappa shape index (κ2) is 2.95. The highest BCUT2D eigenvalue weighted by molar-refractivity contribution is 5.29. The van der Waals surface area contributed by atoms with Crippen molar-refractivity contribution >= 4 is 5.95 Å². The SMILES string of the molecule is CC=C(C)Nc1nnn[nH]1. The Labute approximate surface area is 58.5 Å². The number of aromatic nitrogens is 4. The van der Waals surface area contributed by atoms with E-state index in [1.54, 1.807) is 0 Å². The molecule has 0 aromatic carbocycles. The first-order chi connectivity index (χ1) is 4.83. The highest BCUT2D eigenvalue weighted by atomic mass is 15.5. The number of nitrogens with one attached hydrogen (secondary N) is 2. The molecule has 1 rings (SSSR count). The molecule has 0 aliphatic heterocycles. The summed E-state index contributed by atoms with van der Waals surface area (Å²) in [7, 11) is 0. The van der Waals surface area contributed by atoms with Crippen LogP contribution in [-0.2, 0) is 0 Å². The Morgan fingerprint density at radius 2 is 2.50 bits per heavy atom. The summed E-state index contributed by atoms with van der Waals surface area (Å²) in [6, 6.07) is 0. The molecule has 0 fully saturated rings. The smallest absolute Gasteiger partial charge is 0.244 e. The van der Waals surface area contributed by atoms with Crippen molar-refractivity contribution in [3.8, 4) is 0 Å². The molecule has 0 saturated heterocycles. The summed E-state index contributed by atoms with van der Waals surface area (Å²) in [4.78, 5) is 0. The lowest BCUT2D eigenvalue weighted by Crippen LogP contribution is -1.96. The fourth-order valence-electron chi connectivity index (χ4n) is 0.471. The molecule has 1 heterocycles. The molecular formula is C5H9N5. The molecule has 0 aliphatic rings. The zero-order valence-electron chi connectivity index (χ0n) is 5.92. The van der Waals surface area contributed by atoms with Crippen LogP contribution in [0.4, 0.5) is 5.95 Å². The Bertz CT molecular complexity index is 212. The van der Waals surface area contributed by atoms with E-state index < -0.39 is 0 Å². The van der Waals surface area contributed by atoms with Gasteiger partial charge in [-0.15, -0.1) is 0 Å². The van der Waals surface area contributed by atoms with Crippen molar-refractivity contribution in [2.75, 3.05) is 5.32 Å². The quantitative estimate of drug-likeness (QED) is 0.627. The molecule has 0 unspecified atom stereocenters. The largest absolute Gasteiger partial charge is 0.328 e. The minimum absolute atomic E-state index is 0.565. The van der Waals surface area contributed by atoms with Gasteiger partial charge in [0.25, 0.3) is 0 Å². The van der Waals surface area contributed by atoms with Crippen LogP contribution < -0.4 is 5.32 Å². The van der Waals surface area contributed by atoms with Crippen molar-refractivity contribution in [3.05, 3.63) is 11.8 Å². The molecular weight excluding hydrogens is 130 g/mol. The third kappa shape index (κ3) is 1.54. The van der Waals surface area contributed by atoms with Gasteiger partial charge < -0.3 is 5.32 Å². The number of hydrogen-bond donors (Lipinski definition) is 2. The number of anilines is 1. The van der Waals surface area contributed by atoms with Gasteiger partial charge in [-0.25, -0.2) is 5.10 Å². The molecule has 54 valence electrons. The Morgan fingerprint density at radius 3 is 3.00 bits per heavy atom. The third-order valence-corrected chi connectivity index (χ3v) is 1.09. The first kappa shape index (κ1) is 6.73. The predicted molar refractivity (Wildman–Crippen MR) is 37.2 cm³/mol. The first-order valence-corrected chi connectivity index (χ1v) is 2.96. The van der Waals surface area contributed by atoms with Crippen LogP contribution in [-0.4, -0.2) is 20.6 Å². The summed E-state index contributed by atoms with van der Waals surface area (Å²) in [6.45, 7) is 3.87. The van der Waals surface area contributed by atoms with E-state index >= 15 is 0 Å². The molecule has 0 saturated carbocycles. The number of aromatic amines is 1. The molecule has 0 radical (unpaired) electrons. The average Bonchev–Trinajstić information content (AvgIpc) is 2.40. The van der Waals surface area contributed by atoms with Gasteiger partial charge in [-0.05, 0) is 24.3 Å². The lowest BCUT2D eigenvalue weighted by molar-refractivity contribution is 0.881. The number of tetrazole rings is 1. The van der Waals surface area contributed by atoms with E-state index in [0.717, 1.165) is 5.70 Å². The van der Waals surface area contributed by atoms with Gasteiger partial charge in [0.05, 0.1) is 0 Å². The Morgan fingerprint density at radius 1 is 1.70 bits per heavy atom. The number of hydrogen-bond acceptors (Lipinski definition) is 4. The van der Waals surface area contributed by atoms with Crippen LogP contribution in [0.15, 0.2) is 11.8 Å². The predicted octanol–water partition coefficient (Wildman–Crippen LogP) is 0.535. The molecule has 0 atom stereocenters. The lowest BCUT2D eigenvalue weighted by atomic mass is 10.5. The number of rotatable bonds is 2. The maximum Gasteiger partial charge on any atom is 0.244 e. The van der Waals surface area contributed by atoms with Gasteiger partial charge in [0.2, 0.25) is 5.95 Å². The van der Waals surface area contributed by atoms with Gasteiger partial charge in [-0.3, -0.25) is 0 Å². The van der Waals surface area contributed by atoms with Gasteiger partial charge in [0.1, 0.15) is 0 Å². The van der Waals surface area contributed by atoms with Crippen LogP contribution in [0, 0.1) is 0 Å². The fourth-order valence-corrected chi connectivity index (χ4v) is 0.471. The maximum atomic E-state index is 3.64. The van der Waals surface area contributed by atoms with E-state index in [1.165, 1.54) is 0 Å². The van der Waals surface area contributed by atoms with Crippen molar-refractivity contribution in [2.24, 2.45) is 0 Å². The summed E-state index contributed by atoms with van der Waals surface area (Å²) in [5.74, 6) is 0.565. The topological polar surface area (TPSA) is 66.5 Å². The van der Waals surface area contributed by atoms with Crippen LogP contribution in [0.25, 0.3) is 0 Å². The van der Waals surface area contributed by atoms with Crippen LogP contribution in [0.5, 0.6) is 0 Å². The zero-order valence-corrected chi connectivity index (χ0v) is 5.92. The maximum absolute atomic E-state index is 3.64. The molecule has 1 aromatic heterocycles. The highest BCUT2D eigenvalue weighted by Gasteiger charge is 1.92. The summed E-state index contributed by atoms with van der Waals surface area (Å²) < 4.78 is 0. The second-order valence-electron chi connectivity index (χ2n) is 1.85. The molecule has 0 amide bonds. The standard InChI is InChI=1S/C5H9N5/c1-3-4(2)6-5-7-9-10-8-5/h3H,1-2H3,(H2,6,7,8,9,10). The molecule has 5 heteroatoms. The summed E-state index contributed by atoms with van der Waals surface area (Å²) >= 11 is 0. The number of nitrogens with zero attached hydrogens (tertiary/aromatic N) is 3. The fraction of sp³-hybridized carbons (Fsp3) is 0.400. The van der Waals surface area contributed by atoms with Gasteiger partial charge in [0.15, 0.2) is 0 Å². The lowest BCUT2D eigenvalue weighted by Gasteiger charge is -1.97. The average molecular weight is 139 g/mol. The van der Waals surface area contributed by atoms with E-state index in [4.69, 9.17) is 0 Å². The molecule has 10 heavy (non-hydrogen) atoms. The summed E-state index contributed by atoms with van der Waals surface area (Å²) in [5, 5.41) is 16.0. The second-order valence-corrected chi connectivity index (χ2v) is 1.85. The van der Waals surface area contributed by atoms with Crippen LogP contribution in [0.2, 0.25) is 0 Å². The Hall–Kier alpha value is -1.39. The first-order valence-electron chi connectivity index (χ1n) is 2.96. The van der Waals surface area contributed by atoms with Crippen molar-refractivity contribution in [1.29, 1.82) is 0 Å². The van der Waals surface area contributed by atoms with E-state index in [1.807, 2.05) is 19.9 Å². The minimum atomic E-state index is 0.565. The normalized spacial score (nSPS) is 11.6. The van der Waals surface area contributed by atoms with E-state index in [2.05, 4.69) is 25.9 Å². The Kier molecular flexibility index (Phi) is 1.99. The van der Waals surface area contributed by atoms with Crippen molar-refractivity contribution < 1.29 is 0 Å². The molecule has 0 spiro atoms. The molecule has 1 aromatic rings. The molecule has 5 nitrogen and oxygen atoms in total. The van der Waals surface area contributed by atoms with Gasteiger partial charge >= 0.3 is 0 Å².